The molecule has 0 saturated heterocycles. The van der Waals surface area contributed by atoms with E-state index in [1.807, 2.05) is 39.0 Å². The summed E-state index contributed by atoms with van der Waals surface area (Å²) < 4.78 is 5.59. The van der Waals surface area contributed by atoms with Gasteiger partial charge in [-0.15, -0.1) is 0 Å². The van der Waals surface area contributed by atoms with Crippen LogP contribution in [0, 0.1) is 0 Å². The van der Waals surface area contributed by atoms with Crippen molar-refractivity contribution in [3.8, 4) is 5.75 Å². The summed E-state index contributed by atoms with van der Waals surface area (Å²) in [7, 11) is 0. The van der Waals surface area contributed by atoms with Gasteiger partial charge in [-0.2, -0.15) is 0 Å². The number of benzene rings is 2. The molecule has 0 aliphatic carbocycles. The molecule has 29 heavy (non-hydrogen) atoms. The van der Waals surface area contributed by atoms with Gasteiger partial charge in [0.15, 0.2) is 6.61 Å². The van der Waals surface area contributed by atoms with Gasteiger partial charge in [-0.1, -0.05) is 47.5 Å². The largest absolute Gasteiger partial charge is 0.484 e. The van der Waals surface area contributed by atoms with Crippen LogP contribution in [0.3, 0.4) is 0 Å². The van der Waals surface area contributed by atoms with E-state index in [1.165, 1.54) is 4.90 Å². The summed E-state index contributed by atoms with van der Waals surface area (Å²) in [5, 5.41) is 3.85. The van der Waals surface area contributed by atoms with Crippen LogP contribution < -0.4 is 10.1 Å². The van der Waals surface area contributed by atoms with Crippen LogP contribution in [0.1, 0.15) is 33.3 Å². The van der Waals surface area contributed by atoms with Gasteiger partial charge in [-0.05, 0) is 57.5 Å². The monoisotopic (exact) mass is 436 g/mol. The van der Waals surface area contributed by atoms with E-state index in [2.05, 4.69) is 5.32 Å². The van der Waals surface area contributed by atoms with Gasteiger partial charge in [-0.3, -0.25) is 9.59 Å². The maximum atomic E-state index is 13.0. The van der Waals surface area contributed by atoms with Gasteiger partial charge in [0.05, 0.1) is 0 Å². The lowest BCUT2D eigenvalue weighted by Crippen LogP contribution is -2.53. The number of carbonyl (C=O) groups excluding carboxylic acids is 2. The molecule has 0 aromatic heterocycles. The zero-order chi connectivity index (χ0) is 21.6. The van der Waals surface area contributed by atoms with E-state index in [0.717, 1.165) is 0 Å². The maximum absolute atomic E-state index is 13.0. The minimum atomic E-state index is -0.715. The highest BCUT2D eigenvalue weighted by molar-refractivity contribution is 6.35. The average Bonchev–Trinajstić information content (AvgIpc) is 2.64. The van der Waals surface area contributed by atoms with E-state index in [1.54, 1.807) is 37.3 Å². The van der Waals surface area contributed by atoms with Crippen LogP contribution in [0.25, 0.3) is 0 Å². The van der Waals surface area contributed by atoms with Crippen molar-refractivity contribution in [1.82, 2.24) is 10.2 Å². The molecule has 2 amide bonds. The fourth-order valence-corrected chi connectivity index (χ4v) is 3.10. The van der Waals surface area contributed by atoms with Gasteiger partial charge in [0.25, 0.3) is 5.91 Å². The smallest absolute Gasteiger partial charge is 0.261 e. The van der Waals surface area contributed by atoms with Crippen molar-refractivity contribution in [3.63, 3.8) is 0 Å². The predicted molar refractivity (Wildman–Crippen MR) is 116 cm³/mol. The minimum Gasteiger partial charge on any atom is -0.484 e. The normalized spacial score (nSPS) is 12.2. The number of halogens is 2. The molecule has 0 aliphatic rings. The minimum absolute atomic E-state index is 0.158. The maximum Gasteiger partial charge on any atom is 0.261 e. The van der Waals surface area contributed by atoms with Crippen LogP contribution in [-0.4, -0.2) is 34.9 Å². The van der Waals surface area contributed by atoms with E-state index in [9.17, 15) is 9.59 Å². The molecule has 0 bridgehead atoms. The molecule has 1 atom stereocenters. The Morgan fingerprint density at radius 2 is 1.76 bits per heavy atom. The van der Waals surface area contributed by atoms with Crippen LogP contribution in [0.5, 0.6) is 5.75 Å². The Morgan fingerprint density at radius 1 is 1.10 bits per heavy atom. The Labute approximate surface area is 181 Å². The summed E-state index contributed by atoms with van der Waals surface area (Å²) in [5.74, 6) is 0.00389. The van der Waals surface area contributed by atoms with E-state index >= 15 is 0 Å². The molecule has 0 radical (unpaired) electrons. The Bertz CT molecular complexity index is 851. The molecule has 0 fully saturated rings. The Morgan fingerprint density at radius 3 is 2.34 bits per heavy atom. The van der Waals surface area contributed by atoms with Crippen LogP contribution in [0.4, 0.5) is 0 Å². The summed E-state index contributed by atoms with van der Waals surface area (Å²) >= 11 is 12.3. The van der Waals surface area contributed by atoms with Crippen molar-refractivity contribution in [2.75, 3.05) is 6.61 Å². The van der Waals surface area contributed by atoms with Gasteiger partial charge in [-0.25, -0.2) is 0 Å². The zero-order valence-electron chi connectivity index (χ0n) is 17.0. The molecule has 2 rings (SSSR count). The van der Waals surface area contributed by atoms with E-state index < -0.39 is 11.6 Å². The second-order valence-electron chi connectivity index (χ2n) is 7.77. The molecule has 0 spiro atoms. The summed E-state index contributed by atoms with van der Waals surface area (Å²) in [4.78, 5) is 27.1. The molecule has 7 heteroatoms. The molecule has 1 N–H and O–H groups in total. The van der Waals surface area contributed by atoms with Crippen LogP contribution in [0.2, 0.25) is 10.0 Å². The van der Waals surface area contributed by atoms with Crippen molar-refractivity contribution >= 4 is 35.0 Å². The SMILES string of the molecule is C[C@@H](C(=O)NC(C)(C)C)N(Cc1ccc(Cl)cc1Cl)C(=O)COc1ccccc1. The highest BCUT2D eigenvalue weighted by Gasteiger charge is 2.29. The molecule has 0 aliphatic heterocycles. The number of ether oxygens (including phenoxy) is 1. The third-order valence-electron chi connectivity index (χ3n) is 4.13. The fourth-order valence-electron chi connectivity index (χ4n) is 2.63. The third-order valence-corrected chi connectivity index (χ3v) is 4.71. The number of amides is 2. The van der Waals surface area contributed by atoms with Gasteiger partial charge >= 0.3 is 0 Å². The first-order chi connectivity index (χ1) is 13.6. The lowest BCUT2D eigenvalue weighted by atomic mass is 10.1. The summed E-state index contributed by atoms with van der Waals surface area (Å²) in [6.45, 7) is 7.31. The highest BCUT2D eigenvalue weighted by atomic mass is 35.5. The first-order valence-electron chi connectivity index (χ1n) is 9.30. The van der Waals surface area contributed by atoms with E-state index in [4.69, 9.17) is 27.9 Å². The van der Waals surface area contributed by atoms with E-state index in [0.29, 0.717) is 21.4 Å². The van der Waals surface area contributed by atoms with Crippen molar-refractivity contribution in [2.24, 2.45) is 0 Å². The van der Waals surface area contributed by atoms with Gasteiger partial charge in [0.1, 0.15) is 11.8 Å². The quantitative estimate of drug-likeness (QED) is 0.683. The zero-order valence-corrected chi connectivity index (χ0v) is 18.6. The lowest BCUT2D eigenvalue weighted by Gasteiger charge is -2.31. The predicted octanol–water partition coefficient (Wildman–Crippen LogP) is 4.70. The van der Waals surface area contributed by atoms with Crippen LogP contribution in [0.15, 0.2) is 48.5 Å². The first-order valence-corrected chi connectivity index (χ1v) is 10.1. The number of hydrogen-bond acceptors (Lipinski definition) is 3. The number of hydrogen-bond donors (Lipinski definition) is 1. The second kappa shape index (κ2) is 9.99. The van der Waals surface area contributed by atoms with Gasteiger partial charge in [0, 0.05) is 22.1 Å². The second-order valence-corrected chi connectivity index (χ2v) is 8.62. The molecular formula is C22H26Cl2N2O3. The molecule has 156 valence electrons. The number of nitrogens with zero attached hydrogens (tertiary/aromatic N) is 1. The summed E-state index contributed by atoms with van der Waals surface area (Å²) in [5.41, 5.74) is 0.276. The molecule has 2 aromatic rings. The van der Waals surface area contributed by atoms with Crippen LogP contribution in [-0.2, 0) is 16.1 Å². The van der Waals surface area contributed by atoms with Crippen molar-refractivity contribution < 1.29 is 14.3 Å². The Kier molecular flexibility index (Phi) is 7.94. The topological polar surface area (TPSA) is 58.6 Å². The lowest BCUT2D eigenvalue weighted by molar-refractivity contribution is -0.142. The van der Waals surface area contributed by atoms with E-state index in [-0.39, 0.29) is 25.0 Å². The first kappa shape index (κ1) is 23.0. The number of carbonyl (C=O) groups is 2. The van der Waals surface area contributed by atoms with Crippen molar-refractivity contribution in [2.45, 2.75) is 45.8 Å². The van der Waals surface area contributed by atoms with Crippen molar-refractivity contribution in [3.05, 3.63) is 64.1 Å². The van der Waals surface area contributed by atoms with Crippen molar-refractivity contribution in [1.29, 1.82) is 0 Å². The molecule has 0 heterocycles. The summed E-state index contributed by atoms with van der Waals surface area (Å²) in [6, 6.07) is 13.4. The highest BCUT2D eigenvalue weighted by Crippen LogP contribution is 2.23. The molecule has 2 aromatic carbocycles. The Hall–Kier alpha value is -2.24. The van der Waals surface area contributed by atoms with Gasteiger partial charge < -0.3 is 15.0 Å². The molecule has 5 nitrogen and oxygen atoms in total. The third kappa shape index (κ3) is 7.26. The number of para-hydroxylation sites is 1. The average molecular weight is 437 g/mol. The number of nitrogens with one attached hydrogen (secondary N) is 1. The summed E-state index contributed by atoms with van der Waals surface area (Å²) in [6.07, 6.45) is 0. The fraction of sp³-hybridized carbons (Fsp3) is 0.364. The van der Waals surface area contributed by atoms with Gasteiger partial charge in [0.2, 0.25) is 5.91 Å². The Balaban J connectivity index is 2.21. The molecular weight excluding hydrogens is 411 g/mol. The standard InChI is InChI=1S/C22H26Cl2N2O3/c1-15(21(28)25-22(2,3)4)26(13-16-10-11-17(23)12-19(16)24)20(27)14-29-18-8-6-5-7-9-18/h5-12,15H,13-14H2,1-4H3,(H,25,28)/t15-/m0/s1. The molecule has 0 unspecified atom stereocenters. The molecule has 0 saturated carbocycles. The number of rotatable bonds is 7. The van der Waals surface area contributed by atoms with Crippen LogP contribution >= 0.6 is 23.2 Å².